The van der Waals surface area contributed by atoms with Gasteiger partial charge >= 0.3 is 0 Å². The fraction of sp³-hybridized carbons (Fsp3) is 0.462. The van der Waals surface area contributed by atoms with Crippen LogP contribution in [-0.4, -0.2) is 21.6 Å². The molecule has 0 saturated carbocycles. The monoisotopic (exact) mass is 577 g/mol. The Morgan fingerprint density at radius 2 is 0.930 bits per heavy atom. The zero-order valence-electron chi connectivity index (χ0n) is 26.4. The zero-order chi connectivity index (χ0) is 29.8. The van der Waals surface area contributed by atoms with Crippen molar-refractivity contribution in [3.63, 3.8) is 0 Å². The van der Waals surface area contributed by atoms with Crippen molar-refractivity contribution in [2.24, 2.45) is 0 Å². The molecule has 4 aromatic rings. The molecule has 0 radical (unpaired) electrons. The highest BCUT2D eigenvalue weighted by Gasteiger charge is 2.10. The number of hydrogen-bond acceptors (Lipinski definition) is 4. The zero-order valence-corrected chi connectivity index (χ0v) is 26.4. The number of ether oxygens (including phenoxy) is 1. The molecule has 0 spiro atoms. The molecule has 3 aromatic heterocycles. The van der Waals surface area contributed by atoms with Crippen molar-refractivity contribution < 1.29 is 4.74 Å². The van der Waals surface area contributed by atoms with Gasteiger partial charge in [0.2, 0.25) is 0 Å². The first-order valence-electron chi connectivity index (χ1n) is 16.9. The standard InChI is InChI=1S/C39H51N3O/c1-2-3-4-5-6-7-8-9-10-11-12-13-14-15-16-21-30-43-35-26-24-33(25-27-35)34-31-38(36-22-17-19-28-40-36)42-39(32-34)37-23-18-20-29-41-37/h17-20,22-29,31-32H,2-16,21,30H2,1H3. The minimum atomic E-state index is 0.778. The highest BCUT2D eigenvalue weighted by molar-refractivity contribution is 5.74. The third-order valence-electron chi connectivity index (χ3n) is 8.13. The van der Waals surface area contributed by atoms with Gasteiger partial charge in [0, 0.05) is 12.4 Å². The molecule has 0 aliphatic rings. The molecule has 4 heteroatoms. The van der Waals surface area contributed by atoms with Gasteiger partial charge in [-0.05, 0) is 66.1 Å². The van der Waals surface area contributed by atoms with E-state index in [1.807, 2.05) is 36.4 Å². The Morgan fingerprint density at radius 1 is 0.465 bits per heavy atom. The minimum absolute atomic E-state index is 0.778. The van der Waals surface area contributed by atoms with Crippen molar-refractivity contribution >= 4 is 0 Å². The quantitative estimate of drug-likeness (QED) is 0.0924. The van der Waals surface area contributed by atoms with Crippen molar-refractivity contribution in [2.45, 2.75) is 110 Å². The molecular formula is C39H51N3O. The number of unbranched alkanes of at least 4 members (excludes halogenated alkanes) is 15. The summed E-state index contributed by atoms with van der Waals surface area (Å²) in [7, 11) is 0. The molecule has 0 fully saturated rings. The lowest BCUT2D eigenvalue weighted by atomic mass is 10.0. The van der Waals surface area contributed by atoms with Gasteiger partial charge in [-0.2, -0.15) is 0 Å². The highest BCUT2D eigenvalue weighted by Crippen LogP contribution is 2.30. The van der Waals surface area contributed by atoms with E-state index in [1.54, 1.807) is 12.4 Å². The summed E-state index contributed by atoms with van der Waals surface area (Å²) in [5.74, 6) is 0.925. The van der Waals surface area contributed by atoms with E-state index in [9.17, 15) is 0 Å². The smallest absolute Gasteiger partial charge is 0.119 e. The first kappa shape index (κ1) is 32.4. The van der Waals surface area contributed by atoms with Gasteiger partial charge in [-0.15, -0.1) is 0 Å². The van der Waals surface area contributed by atoms with Gasteiger partial charge in [-0.1, -0.05) is 128 Å². The van der Waals surface area contributed by atoms with Crippen LogP contribution in [-0.2, 0) is 0 Å². The lowest BCUT2D eigenvalue weighted by Gasteiger charge is -2.11. The average Bonchev–Trinajstić information content (AvgIpc) is 3.07. The van der Waals surface area contributed by atoms with Crippen LogP contribution >= 0.6 is 0 Å². The van der Waals surface area contributed by atoms with Gasteiger partial charge in [0.25, 0.3) is 0 Å². The lowest BCUT2D eigenvalue weighted by molar-refractivity contribution is 0.304. The van der Waals surface area contributed by atoms with Crippen LogP contribution < -0.4 is 4.74 Å². The topological polar surface area (TPSA) is 47.9 Å². The van der Waals surface area contributed by atoms with Gasteiger partial charge in [-0.3, -0.25) is 9.97 Å². The number of hydrogen-bond donors (Lipinski definition) is 0. The van der Waals surface area contributed by atoms with Gasteiger partial charge < -0.3 is 4.74 Å². The van der Waals surface area contributed by atoms with Gasteiger partial charge in [0.1, 0.15) is 5.75 Å². The van der Waals surface area contributed by atoms with Crippen molar-refractivity contribution in [1.29, 1.82) is 0 Å². The molecule has 0 bridgehead atoms. The molecule has 0 amide bonds. The van der Waals surface area contributed by atoms with E-state index in [0.29, 0.717) is 0 Å². The van der Waals surface area contributed by atoms with Gasteiger partial charge in [0.05, 0.1) is 29.4 Å². The minimum Gasteiger partial charge on any atom is -0.494 e. The third kappa shape index (κ3) is 11.9. The van der Waals surface area contributed by atoms with Crippen LogP contribution in [0, 0.1) is 0 Å². The average molecular weight is 578 g/mol. The maximum Gasteiger partial charge on any atom is 0.119 e. The van der Waals surface area contributed by atoms with E-state index in [2.05, 4.69) is 53.3 Å². The summed E-state index contributed by atoms with van der Waals surface area (Å²) < 4.78 is 6.07. The van der Waals surface area contributed by atoms with E-state index in [0.717, 1.165) is 52.7 Å². The summed E-state index contributed by atoms with van der Waals surface area (Å²) in [5, 5.41) is 0. The molecule has 0 saturated heterocycles. The molecule has 43 heavy (non-hydrogen) atoms. The Balaban J connectivity index is 1.13. The van der Waals surface area contributed by atoms with E-state index >= 15 is 0 Å². The summed E-state index contributed by atoms with van der Waals surface area (Å²) in [6.07, 6.45) is 25.7. The third-order valence-corrected chi connectivity index (χ3v) is 8.13. The largest absolute Gasteiger partial charge is 0.494 e. The van der Waals surface area contributed by atoms with Crippen LogP contribution in [0.5, 0.6) is 5.75 Å². The van der Waals surface area contributed by atoms with Crippen LogP contribution in [0.15, 0.2) is 85.2 Å². The summed E-state index contributed by atoms with van der Waals surface area (Å²) in [5.41, 5.74) is 5.57. The Bertz CT molecular complexity index is 1220. The molecular weight excluding hydrogens is 526 g/mol. The summed E-state index contributed by atoms with van der Waals surface area (Å²) in [6, 6.07) is 24.4. The molecule has 0 atom stereocenters. The molecule has 228 valence electrons. The van der Waals surface area contributed by atoms with Crippen molar-refractivity contribution in [1.82, 2.24) is 15.0 Å². The number of aromatic nitrogens is 3. The van der Waals surface area contributed by atoms with Crippen LogP contribution in [0.3, 0.4) is 0 Å². The van der Waals surface area contributed by atoms with Crippen molar-refractivity contribution in [3.05, 3.63) is 85.2 Å². The second kappa shape index (κ2) is 19.6. The predicted molar refractivity (Wildman–Crippen MR) is 181 cm³/mol. The van der Waals surface area contributed by atoms with Crippen LogP contribution in [0.4, 0.5) is 0 Å². The highest BCUT2D eigenvalue weighted by atomic mass is 16.5. The first-order valence-corrected chi connectivity index (χ1v) is 16.9. The SMILES string of the molecule is CCCCCCCCCCCCCCCCCCOc1ccc(-c2cc(-c3ccccn3)nc(-c3ccccn3)c2)cc1. The molecule has 0 unspecified atom stereocenters. The molecule has 0 aliphatic carbocycles. The van der Waals surface area contributed by atoms with Gasteiger partial charge in [0.15, 0.2) is 0 Å². The van der Waals surface area contributed by atoms with Crippen LogP contribution in [0.25, 0.3) is 33.9 Å². The first-order chi connectivity index (χ1) is 21.3. The lowest BCUT2D eigenvalue weighted by Crippen LogP contribution is -1.97. The van der Waals surface area contributed by atoms with Crippen LogP contribution in [0.2, 0.25) is 0 Å². The Labute approximate surface area is 260 Å². The fourth-order valence-corrected chi connectivity index (χ4v) is 5.57. The number of benzene rings is 1. The molecule has 4 nitrogen and oxygen atoms in total. The normalized spacial score (nSPS) is 11.1. The Hall–Kier alpha value is -3.53. The van der Waals surface area contributed by atoms with Crippen molar-refractivity contribution in [3.8, 4) is 39.7 Å². The maximum absolute atomic E-state index is 6.07. The summed E-state index contributed by atoms with van der Waals surface area (Å²) in [6.45, 7) is 3.07. The predicted octanol–water partition coefficient (Wildman–Crippen LogP) is 11.5. The molecule has 4 rings (SSSR count). The molecule has 1 aromatic carbocycles. The summed E-state index contributed by atoms with van der Waals surface area (Å²) in [4.78, 5) is 13.9. The number of pyridine rings is 3. The Morgan fingerprint density at radius 3 is 1.37 bits per heavy atom. The van der Waals surface area contributed by atoms with Crippen molar-refractivity contribution in [2.75, 3.05) is 6.61 Å². The number of rotatable bonds is 21. The number of nitrogens with zero attached hydrogens (tertiary/aromatic N) is 3. The van der Waals surface area contributed by atoms with E-state index in [4.69, 9.17) is 9.72 Å². The second-order valence-electron chi connectivity index (χ2n) is 11.7. The van der Waals surface area contributed by atoms with E-state index < -0.39 is 0 Å². The van der Waals surface area contributed by atoms with E-state index in [-0.39, 0.29) is 0 Å². The molecule has 0 N–H and O–H groups in total. The fourth-order valence-electron chi connectivity index (χ4n) is 5.57. The van der Waals surface area contributed by atoms with Crippen LogP contribution in [0.1, 0.15) is 110 Å². The summed E-state index contributed by atoms with van der Waals surface area (Å²) >= 11 is 0. The maximum atomic E-state index is 6.07. The Kier molecular flexibility index (Phi) is 14.8. The second-order valence-corrected chi connectivity index (χ2v) is 11.7. The molecule has 0 aliphatic heterocycles. The van der Waals surface area contributed by atoms with Gasteiger partial charge in [-0.25, -0.2) is 4.98 Å². The molecule has 3 heterocycles. The van der Waals surface area contributed by atoms with E-state index in [1.165, 1.54) is 96.3 Å².